The van der Waals surface area contributed by atoms with Gasteiger partial charge in [-0.15, -0.1) is 0 Å². The summed E-state index contributed by atoms with van der Waals surface area (Å²) in [6, 6.07) is 2.68. The van der Waals surface area contributed by atoms with Crippen molar-refractivity contribution in [1.82, 2.24) is 5.32 Å². The molecule has 0 aromatic heterocycles. The van der Waals surface area contributed by atoms with Crippen LogP contribution in [0.5, 0.6) is 0 Å². The summed E-state index contributed by atoms with van der Waals surface area (Å²) in [5.74, 6) is 0.00886. The van der Waals surface area contributed by atoms with Crippen molar-refractivity contribution in [3.8, 4) is 0 Å². The molecule has 0 aliphatic heterocycles. The van der Waals surface area contributed by atoms with Gasteiger partial charge in [0, 0.05) is 16.6 Å². The fraction of sp³-hybridized carbons (Fsp3) is 0.571. The van der Waals surface area contributed by atoms with Gasteiger partial charge in [0.25, 0.3) is 0 Å². The van der Waals surface area contributed by atoms with E-state index in [4.69, 9.17) is 23.2 Å². The van der Waals surface area contributed by atoms with Gasteiger partial charge in [-0.25, -0.2) is 4.39 Å². The normalized spacial score (nSPS) is 24.7. The first-order valence-electron chi connectivity index (χ1n) is 6.54. The van der Waals surface area contributed by atoms with Crippen molar-refractivity contribution < 1.29 is 9.50 Å². The molecule has 0 heterocycles. The highest BCUT2D eigenvalue weighted by molar-refractivity contribution is 6.36. The number of halogens is 3. The zero-order valence-corrected chi connectivity index (χ0v) is 12.3. The fourth-order valence-corrected chi connectivity index (χ4v) is 3.32. The monoisotopic (exact) mass is 305 g/mol. The number of rotatable bonds is 4. The van der Waals surface area contributed by atoms with E-state index in [0.29, 0.717) is 16.5 Å². The topological polar surface area (TPSA) is 32.3 Å². The molecular formula is C14H18Cl2FNO. The van der Waals surface area contributed by atoms with Crippen LogP contribution in [0.2, 0.25) is 10.0 Å². The third kappa shape index (κ3) is 3.60. The third-order valence-electron chi connectivity index (χ3n) is 3.74. The number of aliphatic hydroxyl groups excluding tert-OH is 1. The predicted octanol–water partition coefficient (Wildman–Crippen LogP) is 3.94. The summed E-state index contributed by atoms with van der Waals surface area (Å²) in [6.07, 6.45) is 2.53. The van der Waals surface area contributed by atoms with Crippen LogP contribution in [-0.4, -0.2) is 17.8 Å². The molecule has 3 atom stereocenters. The average Bonchev–Trinajstić information content (AvgIpc) is 2.78. The molecule has 0 saturated heterocycles. The molecule has 3 unspecified atom stereocenters. The molecule has 1 aliphatic rings. The molecule has 106 valence electrons. The maximum absolute atomic E-state index is 13.5. The SMILES string of the molecule is CC(NCC1CCC(O)C1)c1c(Cl)ccc(F)c1Cl. The lowest BCUT2D eigenvalue weighted by Crippen LogP contribution is -2.25. The quantitative estimate of drug-likeness (QED) is 0.826. The second kappa shape index (κ2) is 6.40. The van der Waals surface area contributed by atoms with E-state index in [1.165, 1.54) is 12.1 Å². The molecule has 1 aromatic rings. The van der Waals surface area contributed by atoms with Gasteiger partial charge in [0.15, 0.2) is 0 Å². The average molecular weight is 306 g/mol. The molecule has 2 N–H and O–H groups in total. The van der Waals surface area contributed by atoms with Gasteiger partial charge >= 0.3 is 0 Å². The highest BCUT2D eigenvalue weighted by atomic mass is 35.5. The summed E-state index contributed by atoms with van der Waals surface area (Å²) in [6.45, 7) is 2.69. The second-order valence-electron chi connectivity index (χ2n) is 5.22. The van der Waals surface area contributed by atoms with Gasteiger partial charge in [-0.1, -0.05) is 23.2 Å². The molecule has 0 bridgehead atoms. The Morgan fingerprint density at radius 1 is 1.42 bits per heavy atom. The van der Waals surface area contributed by atoms with Gasteiger partial charge in [0.05, 0.1) is 11.1 Å². The van der Waals surface area contributed by atoms with E-state index in [1.807, 2.05) is 6.92 Å². The highest BCUT2D eigenvalue weighted by Gasteiger charge is 2.24. The van der Waals surface area contributed by atoms with Crippen molar-refractivity contribution in [3.05, 3.63) is 33.6 Å². The Morgan fingerprint density at radius 2 is 2.16 bits per heavy atom. The molecule has 2 rings (SSSR count). The van der Waals surface area contributed by atoms with Crippen molar-refractivity contribution in [3.63, 3.8) is 0 Å². The summed E-state index contributed by atoms with van der Waals surface area (Å²) < 4.78 is 13.5. The molecule has 1 saturated carbocycles. The molecule has 0 spiro atoms. The van der Waals surface area contributed by atoms with Gasteiger partial charge in [-0.05, 0) is 50.8 Å². The van der Waals surface area contributed by atoms with Gasteiger partial charge in [-0.2, -0.15) is 0 Å². The summed E-state index contributed by atoms with van der Waals surface area (Å²) in [4.78, 5) is 0. The van der Waals surface area contributed by atoms with Crippen LogP contribution in [0, 0.1) is 11.7 Å². The van der Waals surface area contributed by atoms with E-state index in [9.17, 15) is 9.50 Å². The molecule has 0 radical (unpaired) electrons. The fourth-order valence-electron chi connectivity index (χ4n) is 2.62. The number of hydrogen-bond acceptors (Lipinski definition) is 2. The number of aliphatic hydroxyl groups is 1. The minimum Gasteiger partial charge on any atom is -0.393 e. The van der Waals surface area contributed by atoms with Crippen LogP contribution >= 0.6 is 23.2 Å². The Kier molecular flexibility index (Phi) is 5.07. The van der Waals surface area contributed by atoms with Crippen LogP contribution in [0.15, 0.2) is 12.1 Å². The van der Waals surface area contributed by atoms with Crippen molar-refractivity contribution in [2.45, 2.75) is 38.3 Å². The maximum Gasteiger partial charge on any atom is 0.142 e. The smallest absolute Gasteiger partial charge is 0.142 e. The molecule has 1 aliphatic carbocycles. The number of nitrogens with one attached hydrogen (secondary N) is 1. The minimum absolute atomic E-state index is 0.0824. The molecule has 19 heavy (non-hydrogen) atoms. The van der Waals surface area contributed by atoms with E-state index in [2.05, 4.69) is 5.32 Å². The van der Waals surface area contributed by atoms with Crippen LogP contribution in [-0.2, 0) is 0 Å². The first kappa shape index (κ1) is 15.0. The first-order chi connectivity index (χ1) is 8.99. The largest absolute Gasteiger partial charge is 0.393 e. The summed E-state index contributed by atoms with van der Waals surface area (Å²) >= 11 is 12.1. The van der Waals surface area contributed by atoms with E-state index >= 15 is 0 Å². The van der Waals surface area contributed by atoms with Crippen LogP contribution < -0.4 is 5.32 Å². The van der Waals surface area contributed by atoms with E-state index in [1.54, 1.807) is 0 Å². The molecule has 1 aromatic carbocycles. The summed E-state index contributed by atoms with van der Waals surface area (Å²) in [5, 5.41) is 13.4. The molecule has 0 amide bonds. The molecule has 2 nitrogen and oxygen atoms in total. The van der Waals surface area contributed by atoms with Crippen LogP contribution in [0.25, 0.3) is 0 Å². The third-order valence-corrected chi connectivity index (χ3v) is 4.45. The summed E-state index contributed by atoms with van der Waals surface area (Å²) in [5.41, 5.74) is 0.599. The Bertz CT molecular complexity index is 455. The molecular weight excluding hydrogens is 288 g/mol. The standard InChI is InChI=1S/C14H18Cl2FNO/c1-8(18-7-9-2-3-10(19)6-9)13-11(15)4-5-12(17)14(13)16/h4-5,8-10,18-19H,2-3,6-7H2,1H3. The highest BCUT2D eigenvalue weighted by Crippen LogP contribution is 2.33. The predicted molar refractivity (Wildman–Crippen MR) is 76.2 cm³/mol. The van der Waals surface area contributed by atoms with Crippen molar-refractivity contribution in [2.24, 2.45) is 5.92 Å². The van der Waals surface area contributed by atoms with Crippen molar-refractivity contribution in [2.75, 3.05) is 6.54 Å². The summed E-state index contributed by atoms with van der Waals surface area (Å²) in [7, 11) is 0. The Labute approximate surface area is 122 Å². The van der Waals surface area contributed by atoms with Gasteiger partial charge < -0.3 is 10.4 Å². The van der Waals surface area contributed by atoms with E-state index in [0.717, 1.165) is 25.8 Å². The number of benzene rings is 1. The molecule has 5 heteroatoms. The molecule has 1 fully saturated rings. The Morgan fingerprint density at radius 3 is 2.79 bits per heavy atom. The van der Waals surface area contributed by atoms with Gasteiger partial charge in [0.1, 0.15) is 5.82 Å². The van der Waals surface area contributed by atoms with Gasteiger partial charge in [0.2, 0.25) is 0 Å². The van der Waals surface area contributed by atoms with Crippen LogP contribution in [0.4, 0.5) is 4.39 Å². The van der Waals surface area contributed by atoms with Crippen molar-refractivity contribution >= 4 is 23.2 Å². The number of hydrogen-bond donors (Lipinski definition) is 2. The van der Waals surface area contributed by atoms with Gasteiger partial charge in [-0.3, -0.25) is 0 Å². The lowest BCUT2D eigenvalue weighted by Gasteiger charge is -2.20. The maximum atomic E-state index is 13.5. The van der Waals surface area contributed by atoms with E-state index in [-0.39, 0.29) is 17.2 Å². The van der Waals surface area contributed by atoms with E-state index < -0.39 is 5.82 Å². The van der Waals surface area contributed by atoms with Crippen LogP contribution in [0.1, 0.15) is 37.8 Å². The Hall–Kier alpha value is -0.350. The second-order valence-corrected chi connectivity index (χ2v) is 6.00. The van der Waals surface area contributed by atoms with Crippen LogP contribution in [0.3, 0.4) is 0 Å². The Balaban J connectivity index is 2.00. The zero-order chi connectivity index (χ0) is 14.0. The minimum atomic E-state index is -0.453. The lowest BCUT2D eigenvalue weighted by atomic mass is 10.0. The first-order valence-corrected chi connectivity index (χ1v) is 7.29. The van der Waals surface area contributed by atoms with Crippen molar-refractivity contribution in [1.29, 1.82) is 0 Å². The zero-order valence-electron chi connectivity index (χ0n) is 10.8. The lowest BCUT2D eigenvalue weighted by molar-refractivity contribution is 0.177.